The van der Waals surface area contributed by atoms with E-state index in [2.05, 4.69) is 15.6 Å². The molecule has 0 unspecified atom stereocenters. The Kier molecular flexibility index (Phi) is 4.33. The average molecular weight is 372 g/mol. The molecule has 2 N–H and O–H groups in total. The maximum atomic E-state index is 12.7. The lowest BCUT2D eigenvalue weighted by Crippen LogP contribution is -2.19. The Labute approximate surface area is 143 Å². The molecule has 9 heteroatoms. The molecule has 0 aliphatic rings. The predicted octanol–water partition coefficient (Wildman–Crippen LogP) is 5.61. The quantitative estimate of drug-likeness (QED) is 0.615. The van der Waals surface area contributed by atoms with Gasteiger partial charge in [-0.15, -0.1) is 0 Å². The molecule has 0 aliphatic heterocycles. The number of amides is 2. The smallest absolute Gasteiger partial charge is 0.308 e. The summed E-state index contributed by atoms with van der Waals surface area (Å²) >= 11 is 7.09. The van der Waals surface area contributed by atoms with Crippen molar-refractivity contribution in [2.45, 2.75) is 6.18 Å². The Bertz CT molecular complexity index is 910. The Morgan fingerprint density at radius 1 is 1.12 bits per heavy atom. The third-order valence-electron chi connectivity index (χ3n) is 3.02. The second-order valence-corrected chi connectivity index (χ2v) is 6.26. The number of carbonyl (C=O) groups excluding carboxylic acids is 1. The summed E-state index contributed by atoms with van der Waals surface area (Å²) in [5.74, 6) is 0. The maximum Gasteiger partial charge on any atom is 0.416 e. The third-order valence-corrected chi connectivity index (χ3v) is 4.19. The minimum Gasteiger partial charge on any atom is -0.308 e. The van der Waals surface area contributed by atoms with E-state index in [0.29, 0.717) is 15.7 Å². The standard InChI is InChI=1S/C15H9ClF3N3OS/c16-9-4-5-11-12(7-9)24-14(21-11)22-13(23)20-10-3-1-2-8(6-10)15(17,18)19/h1-7H,(H2,20,21,22,23). The topological polar surface area (TPSA) is 54.0 Å². The van der Waals surface area contributed by atoms with Crippen molar-refractivity contribution in [2.75, 3.05) is 10.6 Å². The van der Waals surface area contributed by atoms with Gasteiger partial charge in [-0.3, -0.25) is 5.32 Å². The van der Waals surface area contributed by atoms with Gasteiger partial charge in [-0.25, -0.2) is 9.78 Å². The molecule has 24 heavy (non-hydrogen) atoms. The lowest BCUT2D eigenvalue weighted by molar-refractivity contribution is -0.137. The van der Waals surface area contributed by atoms with Crippen molar-refractivity contribution >= 4 is 50.0 Å². The van der Waals surface area contributed by atoms with Crippen molar-refractivity contribution in [1.29, 1.82) is 0 Å². The van der Waals surface area contributed by atoms with Crippen LogP contribution in [0.15, 0.2) is 42.5 Å². The zero-order chi connectivity index (χ0) is 17.3. The molecule has 0 aliphatic carbocycles. The fourth-order valence-electron chi connectivity index (χ4n) is 1.98. The van der Waals surface area contributed by atoms with Crippen LogP contribution in [-0.4, -0.2) is 11.0 Å². The summed E-state index contributed by atoms with van der Waals surface area (Å²) in [6, 6.07) is 8.80. The van der Waals surface area contributed by atoms with E-state index in [1.807, 2.05) is 0 Å². The van der Waals surface area contributed by atoms with E-state index in [1.165, 1.54) is 23.5 Å². The van der Waals surface area contributed by atoms with Crippen LogP contribution in [0.25, 0.3) is 10.2 Å². The fraction of sp³-hybridized carbons (Fsp3) is 0.0667. The fourth-order valence-corrected chi connectivity index (χ4v) is 3.12. The average Bonchev–Trinajstić information content (AvgIpc) is 2.87. The molecule has 0 fully saturated rings. The number of nitrogens with one attached hydrogen (secondary N) is 2. The van der Waals surface area contributed by atoms with Gasteiger partial charge in [0.1, 0.15) is 0 Å². The number of thiazole rings is 1. The highest BCUT2D eigenvalue weighted by Crippen LogP contribution is 2.31. The maximum absolute atomic E-state index is 12.7. The van der Waals surface area contributed by atoms with Crippen LogP contribution in [0.2, 0.25) is 5.02 Å². The molecule has 0 saturated heterocycles. The van der Waals surface area contributed by atoms with Crippen molar-refractivity contribution in [3.05, 3.63) is 53.1 Å². The number of fused-ring (bicyclic) bond motifs is 1. The van der Waals surface area contributed by atoms with Crippen LogP contribution >= 0.6 is 22.9 Å². The number of alkyl halides is 3. The molecule has 3 rings (SSSR count). The van der Waals surface area contributed by atoms with Crippen LogP contribution < -0.4 is 10.6 Å². The summed E-state index contributed by atoms with van der Waals surface area (Å²) in [7, 11) is 0. The highest BCUT2D eigenvalue weighted by atomic mass is 35.5. The van der Waals surface area contributed by atoms with Crippen molar-refractivity contribution < 1.29 is 18.0 Å². The molecule has 1 aromatic heterocycles. The Hall–Kier alpha value is -2.32. The molecule has 3 aromatic rings. The van der Waals surface area contributed by atoms with Gasteiger partial charge in [-0.1, -0.05) is 29.0 Å². The largest absolute Gasteiger partial charge is 0.416 e. The highest BCUT2D eigenvalue weighted by Gasteiger charge is 2.30. The van der Waals surface area contributed by atoms with Crippen molar-refractivity contribution in [3.8, 4) is 0 Å². The lowest BCUT2D eigenvalue weighted by Gasteiger charge is -2.09. The first-order valence-electron chi connectivity index (χ1n) is 6.62. The van der Waals surface area contributed by atoms with Crippen LogP contribution in [-0.2, 0) is 6.18 Å². The Morgan fingerprint density at radius 3 is 2.67 bits per heavy atom. The number of aromatic nitrogens is 1. The Balaban J connectivity index is 1.73. The molecule has 1 heterocycles. The minimum atomic E-state index is -4.47. The Morgan fingerprint density at radius 2 is 1.92 bits per heavy atom. The third kappa shape index (κ3) is 3.77. The zero-order valence-electron chi connectivity index (χ0n) is 11.8. The van der Waals surface area contributed by atoms with E-state index in [9.17, 15) is 18.0 Å². The van der Waals surface area contributed by atoms with Crippen molar-refractivity contribution in [2.24, 2.45) is 0 Å². The van der Waals surface area contributed by atoms with Crippen molar-refractivity contribution in [3.63, 3.8) is 0 Å². The van der Waals surface area contributed by atoms with Gasteiger partial charge in [0.2, 0.25) is 0 Å². The molecule has 124 valence electrons. The molecule has 0 spiro atoms. The first-order chi connectivity index (χ1) is 11.3. The molecule has 0 atom stereocenters. The molecular weight excluding hydrogens is 363 g/mol. The number of urea groups is 1. The van der Waals surface area contributed by atoms with E-state index >= 15 is 0 Å². The van der Waals surface area contributed by atoms with Gasteiger partial charge < -0.3 is 5.32 Å². The molecular formula is C15H9ClF3N3OS. The number of halogens is 4. The van der Waals surface area contributed by atoms with E-state index in [4.69, 9.17) is 11.6 Å². The van der Waals surface area contributed by atoms with Gasteiger partial charge in [0.05, 0.1) is 15.8 Å². The molecule has 0 saturated carbocycles. The van der Waals surface area contributed by atoms with Gasteiger partial charge in [-0.05, 0) is 36.4 Å². The summed E-state index contributed by atoms with van der Waals surface area (Å²) in [4.78, 5) is 16.1. The number of hydrogen-bond acceptors (Lipinski definition) is 3. The second-order valence-electron chi connectivity index (χ2n) is 4.79. The van der Waals surface area contributed by atoms with Gasteiger partial charge in [0.15, 0.2) is 5.13 Å². The van der Waals surface area contributed by atoms with Crippen LogP contribution in [0.1, 0.15) is 5.56 Å². The molecule has 2 aromatic carbocycles. The minimum absolute atomic E-state index is 0.0338. The first kappa shape index (κ1) is 16.5. The van der Waals surface area contributed by atoms with E-state index < -0.39 is 17.8 Å². The zero-order valence-corrected chi connectivity index (χ0v) is 13.4. The first-order valence-corrected chi connectivity index (χ1v) is 7.82. The van der Waals surface area contributed by atoms with E-state index in [-0.39, 0.29) is 5.69 Å². The molecule has 0 bridgehead atoms. The molecule has 0 radical (unpaired) electrons. The predicted molar refractivity (Wildman–Crippen MR) is 88.7 cm³/mol. The number of hydrogen-bond donors (Lipinski definition) is 2. The number of anilines is 2. The SMILES string of the molecule is O=C(Nc1cccc(C(F)(F)F)c1)Nc1nc2ccc(Cl)cc2s1. The summed E-state index contributed by atoms with van der Waals surface area (Å²) in [5, 5.41) is 5.70. The highest BCUT2D eigenvalue weighted by molar-refractivity contribution is 7.22. The number of rotatable bonds is 2. The van der Waals surface area contributed by atoms with Crippen LogP contribution in [0, 0.1) is 0 Å². The number of nitrogens with zero attached hydrogens (tertiary/aromatic N) is 1. The monoisotopic (exact) mass is 371 g/mol. The van der Waals surface area contributed by atoms with Gasteiger partial charge >= 0.3 is 12.2 Å². The normalized spacial score (nSPS) is 11.5. The summed E-state index contributed by atoms with van der Waals surface area (Å²) in [6.07, 6.45) is -4.47. The summed E-state index contributed by atoms with van der Waals surface area (Å²) in [5.41, 5.74) is -0.139. The number of carbonyl (C=O) groups is 1. The van der Waals surface area contributed by atoms with E-state index in [0.717, 1.165) is 16.8 Å². The molecule has 2 amide bonds. The summed E-state index contributed by atoms with van der Waals surface area (Å²) in [6.45, 7) is 0. The summed E-state index contributed by atoms with van der Waals surface area (Å²) < 4.78 is 38.8. The van der Waals surface area contributed by atoms with Gasteiger partial charge in [0, 0.05) is 10.7 Å². The lowest BCUT2D eigenvalue weighted by atomic mass is 10.2. The van der Waals surface area contributed by atoms with Crippen LogP contribution in [0.5, 0.6) is 0 Å². The second kappa shape index (κ2) is 6.29. The van der Waals surface area contributed by atoms with Crippen LogP contribution in [0.3, 0.4) is 0 Å². The van der Waals surface area contributed by atoms with Crippen molar-refractivity contribution in [1.82, 2.24) is 4.98 Å². The van der Waals surface area contributed by atoms with E-state index in [1.54, 1.807) is 18.2 Å². The van der Waals surface area contributed by atoms with Gasteiger partial charge in [0.25, 0.3) is 0 Å². The molecule has 4 nitrogen and oxygen atoms in total. The number of benzene rings is 2. The van der Waals surface area contributed by atoms with Crippen LogP contribution in [0.4, 0.5) is 28.8 Å². The van der Waals surface area contributed by atoms with Gasteiger partial charge in [-0.2, -0.15) is 13.2 Å².